The summed E-state index contributed by atoms with van der Waals surface area (Å²) in [6, 6.07) is 0. The second kappa shape index (κ2) is 27.6. The van der Waals surface area contributed by atoms with Gasteiger partial charge in [0.15, 0.2) is 0 Å². The van der Waals surface area contributed by atoms with Crippen LogP contribution < -0.4 is 10.2 Å². The third kappa shape index (κ3) is 26.6. The van der Waals surface area contributed by atoms with Crippen LogP contribution in [0.1, 0.15) is 129 Å². The minimum Gasteiger partial charge on any atom is -0.444 e. The first-order valence-corrected chi connectivity index (χ1v) is 16.0. The highest BCUT2D eigenvalue weighted by atomic mass is 31.2. The molecule has 0 saturated heterocycles. The number of nitrogens with one attached hydrogen (secondary N) is 2. The van der Waals surface area contributed by atoms with Crippen molar-refractivity contribution in [1.29, 1.82) is 0 Å². The van der Waals surface area contributed by atoms with Crippen molar-refractivity contribution in [2.24, 2.45) is 0 Å². The van der Waals surface area contributed by atoms with E-state index in [-0.39, 0.29) is 12.7 Å². The van der Waals surface area contributed by atoms with Crippen LogP contribution in [0.3, 0.4) is 0 Å². The van der Waals surface area contributed by atoms with E-state index in [0.29, 0.717) is 6.61 Å². The lowest BCUT2D eigenvalue weighted by molar-refractivity contribution is -0.858. The van der Waals surface area contributed by atoms with Gasteiger partial charge in [0.1, 0.15) is 19.3 Å². The Labute approximate surface area is 224 Å². The number of carbonyl (C=O) groups is 1. The van der Waals surface area contributed by atoms with Crippen molar-refractivity contribution >= 4 is 14.7 Å². The van der Waals surface area contributed by atoms with E-state index in [9.17, 15) is 9.69 Å². The minimum absolute atomic E-state index is 0.156. The van der Waals surface area contributed by atoms with Crippen LogP contribution in [0.4, 0.5) is 4.79 Å². The van der Waals surface area contributed by atoms with Crippen LogP contribution in [0.15, 0.2) is 0 Å². The predicted octanol–water partition coefficient (Wildman–Crippen LogP) is 6.54. The molecule has 0 bridgehead atoms. The van der Waals surface area contributed by atoms with Gasteiger partial charge in [-0.05, 0) is 12.8 Å². The number of rotatable bonds is 27. The summed E-state index contributed by atoms with van der Waals surface area (Å²) in [5.74, 6) is 0. The Hall–Kier alpha value is -0.460. The Bertz CT molecular complexity index is 471. The van der Waals surface area contributed by atoms with Crippen molar-refractivity contribution in [3.8, 4) is 0 Å². The van der Waals surface area contributed by atoms with Crippen LogP contribution in [0.25, 0.3) is 0 Å². The average molecular weight is 536 g/mol. The van der Waals surface area contributed by atoms with Gasteiger partial charge in [0.25, 0.3) is 0 Å². The van der Waals surface area contributed by atoms with Gasteiger partial charge in [-0.3, -0.25) is 0 Å². The SMILES string of the molecule is CCCCCCCCCCCCCCCCCCCCC(COP(O)OCC[NH+](C)C)OC(=O)NC. The van der Waals surface area contributed by atoms with E-state index in [2.05, 4.69) is 12.2 Å². The average Bonchev–Trinajstić information content (AvgIpc) is 2.86. The maximum atomic E-state index is 11.6. The molecule has 0 rings (SSSR count). The molecule has 0 fully saturated rings. The molecule has 8 heteroatoms. The maximum Gasteiger partial charge on any atom is 0.407 e. The minimum atomic E-state index is -1.94. The van der Waals surface area contributed by atoms with Crippen LogP contribution >= 0.6 is 8.60 Å². The van der Waals surface area contributed by atoms with Crippen LogP contribution in [0, 0.1) is 0 Å². The van der Waals surface area contributed by atoms with Gasteiger partial charge in [0.2, 0.25) is 0 Å². The van der Waals surface area contributed by atoms with Crippen LogP contribution in [0.2, 0.25) is 0 Å². The highest BCUT2D eigenvalue weighted by molar-refractivity contribution is 7.40. The predicted molar refractivity (Wildman–Crippen MR) is 151 cm³/mol. The summed E-state index contributed by atoms with van der Waals surface area (Å²) in [5, 5.41) is 2.48. The number of likely N-dealkylation sites (N-methyl/N-ethyl adjacent to an activating group) is 1. The summed E-state index contributed by atoms with van der Waals surface area (Å²) in [6.45, 7) is 3.66. The van der Waals surface area contributed by atoms with Gasteiger partial charge in [-0.15, -0.1) is 0 Å². The smallest absolute Gasteiger partial charge is 0.407 e. The van der Waals surface area contributed by atoms with Gasteiger partial charge < -0.3 is 28.9 Å². The Balaban J connectivity index is 3.63. The first-order chi connectivity index (χ1) is 17.5. The molecule has 216 valence electrons. The van der Waals surface area contributed by atoms with Crippen LogP contribution in [-0.4, -0.2) is 58.0 Å². The lowest BCUT2D eigenvalue weighted by Gasteiger charge is -2.19. The van der Waals surface area contributed by atoms with Gasteiger partial charge in [-0.1, -0.05) is 116 Å². The Kier molecular flexibility index (Phi) is 27.2. The molecule has 1 amide bonds. The molecule has 2 unspecified atom stereocenters. The number of unbranched alkanes of at least 4 members (excludes halogenated alkanes) is 17. The summed E-state index contributed by atoms with van der Waals surface area (Å²) in [4.78, 5) is 22.8. The molecule has 2 atom stereocenters. The van der Waals surface area contributed by atoms with Crippen molar-refractivity contribution in [2.45, 2.75) is 135 Å². The quantitative estimate of drug-likeness (QED) is 0.0822. The monoisotopic (exact) mass is 535 g/mol. The molecule has 36 heavy (non-hydrogen) atoms. The van der Waals surface area contributed by atoms with Crippen LogP contribution in [0.5, 0.6) is 0 Å². The second-order valence-corrected chi connectivity index (χ2v) is 11.4. The third-order valence-corrected chi connectivity index (χ3v) is 7.31. The molecule has 3 N–H and O–H groups in total. The molecular weight excluding hydrogens is 475 g/mol. The third-order valence-electron chi connectivity index (χ3n) is 6.53. The Morgan fingerprint density at radius 1 is 0.778 bits per heavy atom. The first kappa shape index (κ1) is 35.5. The topological polar surface area (TPSA) is 81.5 Å². The molecule has 0 heterocycles. The molecule has 0 aromatic heterocycles. The molecular formula is C28H60N2O5P+. The van der Waals surface area contributed by atoms with Crippen molar-refractivity contribution in [3.05, 3.63) is 0 Å². The van der Waals surface area contributed by atoms with Crippen molar-refractivity contribution < 1.29 is 28.4 Å². The van der Waals surface area contributed by atoms with E-state index in [1.165, 1.54) is 108 Å². The molecule has 0 aliphatic heterocycles. The standard InChI is InChI=1S/C28H59N2O5P/c1-5-6-7-8-9-10-11-12-13-14-15-16-17-18-19-20-21-22-23-27(35-28(31)29-2)26-34-36(32)33-25-24-30(3)4/h27,32H,5-26H2,1-4H3,(H,29,31)/p+1. The molecule has 0 saturated carbocycles. The lowest BCUT2D eigenvalue weighted by Crippen LogP contribution is -3.06. The summed E-state index contributed by atoms with van der Waals surface area (Å²) < 4.78 is 16.1. The number of carbonyl (C=O) groups excluding carboxylic acids is 1. The highest BCUT2D eigenvalue weighted by Crippen LogP contribution is 2.32. The Morgan fingerprint density at radius 2 is 1.22 bits per heavy atom. The number of amides is 1. The molecule has 0 radical (unpaired) electrons. The molecule has 0 aromatic carbocycles. The normalized spacial score (nSPS) is 13.2. The highest BCUT2D eigenvalue weighted by Gasteiger charge is 2.17. The fraction of sp³-hybridized carbons (Fsp3) is 0.964. The van der Waals surface area contributed by atoms with E-state index >= 15 is 0 Å². The molecule has 0 aliphatic carbocycles. The van der Waals surface area contributed by atoms with Gasteiger partial charge >= 0.3 is 14.7 Å². The molecule has 0 spiro atoms. The summed E-state index contributed by atoms with van der Waals surface area (Å²) in [7, 11) is 3.65. The van der Waals surface area contributed by atoms with Gasteiger partial charge in [-0.25, -0.2) is 4.79 Å². The van der Waals surface area contributed by atoms with Gasteiger partial charge in [0.05, 0.1) is 20.7 Å². The molecule has 0 aliphatic rings. The van der Waals surface area contributed by atoms with E-state index < -0.39 is 14.7 Å². The Morgan fingerprint density at radius 3 is 1.64 bits per heavy atom. The number of ether oxygens (including phenoxy) is 1. The zero-order valence-electron chi connectivity index (χ0n) is 24.2. The zero-order chi connectivity index (χ0) is 26.7. The fourth-order valence-electron chi connectivity index (χ4n) is 4.17. The molecule has 7 nitrogen and oxygen atoms in total. The zero-order valence-corrected chi connectivity index (χ0v) is 25.1. The van der Waals surface area contributed by atoms with Crippen molar-refractivity contribution in [2.75, 3.05) is 40.9 Å². The summed E-state index contributed by atoms with van der Waals surface area (Å²) >= 11 is 0. The first-order valence-electron chi connectivity index (χ1n) is 14.9. The van der Waals surface area contributed by atoms with Gasteiger partial charge in [0, 0.05) is 7.05 Å². The largest absolute Gasteiger partial charge is 0.444 e. The number of hydrogen-bond acceptors (Lipinski definition) is 5. The number of quaternary nitrogens is 1. The van der Waals surface area contributed by atoms with Gasteiger partial charge in [-0.2, -0.15) is 0 Å². The van der Waals surface area contributed by atoms with Crippen molar-refractivity contribution in [3.63, 3.8) is 0 Å². The summed E-state index contributed by atoms with van der Waals surface area (Å²) in [6.07, 6.45) is 24.1. The molecule has 0 aromatic rings. The lowest BCUT2D eigenvalue weighted by atomic mass is 10.0. The van der Waals surface area contributed by atoms with E-state index in [1.807, 2.05) is 14.1 Å². The second-order valence-electron chi connectivity index (χ2n) is 10.4. The van der Waals surface area contributed by atoms with E-state index in [4.69, 9.17) is 13.8 Å². The van der Waals surface area contributed by atoms with E-state index in [0.717, 1.165) is 25.8 Å². The maximum absolute atomic E-state index is 11.6. The summed E-state index contributed by atoms with van der Waals surface area (Å²) in [5.41, 5.74) is 0. The fourth-order valence-corrected chi connectivity index (χ4v) is 4.79. The number of alkyl carbamates (subject to hydrolysis) is 1. The van der Waals surface area contributed by atoms with Crippen LogP contribution in [-0.2, 0) is 13.8 Å². The van der Waals surface area contributed by atoms with Crippen molar-refractivity contribution in [1.82, 2.24) is 5.32 Å². The number of hydrogen-bond donors (Lipinski definition) is 3. The van der Waals surface area contributed by atoms with E-state index in [1.54, 1.807) is 7.05 Å².